The minimum absolute atomic E-state index is 0.357. The fourth-order valence-corrected chi connectivity index (χ4v) is 1.65. The third kappa shape index (κ3) is 3.43. The molecule has 1 heterocycles. The van der Waals surface area contributed by atoms with Crippen molar-refractivity contribution < 1.29 is 9.21 Å². The van der Waals surface area contributed by atoms with Crippen LogP contribution in [-0.2, 0) is 6.54 Å². The summed E-state index contributed by atoms with van der Waals surface area (Å²) >= 11 is 5.67. The van der Waals surface area contributed by atoms with Crippen LogP contribution in [0.15, 0.2) is 40.8 Å². The van der Waals surface area contributed by atoms with E-state index in [-0.39, 0.29) is 0 Å². The van der Waals surface area contributed by atoms with Crippen LogP contribution in [0.2, 0.25) is 5.22 Å². The quantitative estimate of drug-likeness (QED) is 0.795. The maximum absolute atomic E-state index is 10.7. The first-order chi connectivity index (χ1) is 8.63. The number of carbonyl (C=O) groups is 1. The smallest absolute Gasteiger partial charge is 0.316 e. The molecule has 0 saturated heterocycles. The van der Waals surface area contributed by atoms with Gasteiger partial charge in [-0.3, -0.25) is 0 Å². The van der Waals surface area contributed by atoms with Gasteiger partial charge in [-0.25, -0.2) is 4.79 Å². The van der Waals surface area contributed by atoms with Gasteiger partial charge in [0.05, 0.1) is 6.54 Å². The lowest BCUT2D eigenvalue weighted by Crippen LogP contribution is -2.19. The molecule has 0 aliphatic carbocycles. The molecule has 5 nitrogen and oxygen atoms in total. The Morgan fingerprint density at radius 1 is 1.28 bits per heavy atom. The summed E-state index contributed by atoms with van der Waals surface area (Å²) in [5, 5.41) is 6.00. The van der Waals surface area contributed by atoms with Crippen LogP contribution < -0.4 is 16.4 Å². The lowest BCUT2D eigenvalue weighted by molar-refractivity contribution is 0.259. The van der Waals surface area contributed by atoms with E-state index in [0.29, 0.717) is 17.5 Å². The number of carbonyl (C=O) groups excluding carboxylic acids is 1. The summed E-state index contributed by atoms with van der Waals surface area (Å²) in [7, 11) is 0. The van der Waals surface area contributed by atoms with Crippen LogP contribution >= 0.6 is 11.6 Å². The largest absolute Gasteiger partial charge is 0.448 e. The first-order valence-corrected chi connectivity index (χ1v) is 5.66. The molecule has 2 amide bonds. The summed E-state index contributed by atoms with van der Waals surface area (Å²) < 4.78 is 5.21. The van der Waals surface area contributed by atoms with E-state index in [9.17, 15) is 4.79 Å². The van der Waals surface area contributed by atoms with Crippen molar-refractivity contribution in [2.24, 2.45) is 5.73 Å². The number of halogens is 1. The molecule has 94 valence electrons. The highest BCUT2D eigenvalue weighted by atomic mass is 35.5. The van der Waals surface area contributed by atoms with Gasteiger partial charge in [0.15, 0.2) is 5.22 Å². The van der Waals surface area contributed by atoms with Crippen LogP contribution in [0.4, 0.5) is 16.2 Å². The van der Waals surface area contributed by atoms with E-state index in [1.807, 2.05) is 12.1 Å². The molecule has 0 bridgehead atoms. The van der Waals surface area contributed by atoms with Crippen molar-refractivity contribution in [3.05, 3.63) is 47.4 Å². The summed E-state index contributed by atoms with van der Waals surface area (Å²) in [5.41, 5.74) is 6.51. The highest BCUT2D eigenvalue weighted by Gasteiger charge is 2.01. The Morgan fingerprint density at radius 3 is 2.72 bits per heavy atom. The summed E-state index contributed by atoms with van der Waals surface area (Å²) in [5.74, 6) is 0.730. The molecule has 0 saturated carbocycles. The Bertz CT molecular complexity index is 554. The van der Waals surface area contributed by atoms with Crippen LogP contribution in [0.1, 0.15) is 5.76 Å². The van der Waals surface area contributed by atoms with Crippen molar-refractivity contribution >= 4 is 29.0 Å². The first kappa shape index (κ1) is 12.3. The summed E-state index contributed by atoms with van der Waals surface area (Å²) in [6.07, 6.45) is 0. The van der Waals surface area contributed by atoms with Crippen LogP contribution in [0.5, 0.6) is 0 Å². The number of furan rings is 1. The van der Waals surface area contributed by atoms with Gasteiger partial charge in [-0.05, 0) is 41.9 Å². The normalized spacial score (nSPS) is 10.1. The summed E-state index contributed by atoms with van der Waals surface area (Å²) in [6.45, 7) is 0.507. The van der Waals surface area contributed by atoms with E-state index < -0.39 is 6.03 Å². The summed E-state index contributed by atoms with van der Waals surface area (Å²) in [6, 6.07) is 10.1. The first-order valence-electron chi connectivity index (χ1n) is 5.28. The Labute approximate surface area is 109 Å². The Balaban J connectivity index is 1.98. The van der Waals surface area contributed by atoms with Gasteiger partial charge in [0.2, 0.25) is 0 Å². The van der Waals surface area contributed by atoms with E-state index in [0.717, 1.165) is 11.4 Å². The number of nitrogens with two attached hydrogens (primary N) is 1. The van der Waals surface area contributed by atoms with E-state index in [4.69, 9.17) is 21.8 Å². The lowest BCUT2D eigenvalue weighted by Gasteiger charge is -2.07. The average molecular weight is 266 g/mol. The van der Waals surface area contributed by atoms with Crippen LogP contribution in [-0.4, -0.2) is 6.03 Å². The number of urea groups is 1. The predicted molar refractivity (Wildman–Crippen MR) is 70.7 cm³/mol. The number of anilines is 2. The van der Waals surface area contributed by atoms with Crippen molar-refractivity contribution in [2.75, 3.05) is 10.6 Å². The van der Waals surface area contributed by atoms with E-state index >= 15 is 0 Å². The molecule has 1 aromatic carbocycles. The maximum Gasteiger partial charge on any atom is 0.316 e. The standard InChI is InChI=1S/C12H12ClN3O2/c13-11-5-4-10(18-11)7-15-8-2-1-3-9(6-8)16-12(14)17/h1-6,15H,7H2,(H3,14,16,17). The minimum atomic E-state index is -0.593. The van der Waals surface area contributed by atoms with Crippen molar-refractivity contribution in [1.82, 2.24) is 0 Å². The molecular formula is C12H12ClN3O2. The van der Waals surface area contributed by atoms with E-state index in [1.54, 1.807) is 24.3 Å². The molecule has 0 unspecified atom stereocenters. The number of benzene rings is 1. The lowest BCUT2D eigenvalue weighted by atomic mass is 10.2. The minimum Gasteiger partial charge on any atom is -0.448 e. The highest BCUT2D eigenvalue weighted by molar-refractivity contribution is 6.28. The van der Waals surface area contributed by atoms with Crippen LogP contribution in [0, 0.1) is 0 Å². The Hall–Kier alpha value is -2.14. The number of hydrogen-bond acceptors (Lipinski definition) is 3. The van der Waals surface area contributed by atoms with Crippen LogP contribution in [0.3, 0.4) is 0 Å². The van der Waals surface area contributed by atoms with E-state index in [2.05, 4.69) is 10.6 Å². The fourth-order valence-electron chi connectivity index (χ4n) is 1.49. The van der Waals surface area contributed by atoms with Crippen molar-refractivity contribution in [3.63, 3.8) is 0 Å². The molecule has 0 atom stereocenters. The zero-order valence-electron chi connectivity index (χ0n) is 9.44. The molecule has 0 spiro atoms. The number of hydrogen-bond donors (Lipinski definition) is 3. The topological polar surface area (TPSA) is 80.3 Å². The zero-order valence-corrected chi connectivity index (χ0v) is 10.2. The second-order valence-electron chi connectivity index (χ2n) is 3.63. The van der Waals surface area contributed by atoms with Crippen LogP contribution in [0.25, 0.3) is 0 Å². The molecule has 0 radical (unpaired) electrons. The molecule has 0 fully saturated rings. The monoisotopic (exact) mass is 265 g/mol. The second kappa shape index (κ2) is 5.46. The van der Waals surface area contributed by atoms with Gasteiger partial charge in [-0.2, -0.15) is 0 Å². The third-order valence-corrected chi connectivity index (χ3v) is 2.43. The van der Waals surface area contributed by atoms with Gasteiger partial charge in [0, 0.05) is 11.4 Å². The van der Waals surface area contributed by atoms with Gasteiger partial charge in [-0.1, -0.05) is 6.07 Å². The molecule has 1 aromatic heterocycles. The predicted octanol–water partition coefficient (Wildman–Crippen LogP) is 3.04. The molecule has 18 heavy (non-hydrogen) atoms. The maximum atomic E-state index is 10.7. The number of amides is 2. The molecule has 4 N–H and O–H groups in total. The molecular weight excluding hydrogens is 254 g/mol. The number of nitrogens with one attached hydrogen (secondary N) is 2. The fraction of sp³-hybridized carbons (Fsp3) is 0.0833. The summed E-state index contributed by atoms with van der Waals surface area (Å²) in [4.78, 5) is 10.7. The highest BCUT2D eigenvalue weighted by Crippen LogP contribution is 2.17. The molecule has 0 aliphatic rings. The van der Waals surface area contributed by atoms with Gasteiger partial charge in [-0.15, -0.1) is 0 Å². The third-order valence-electron chi connectivity index (χ3n) is 2.23. The van der Waals surface area contributed by atoms with Crippen molar-refractivity contribution in [3.8, 4) is 0 Å². The van der Waals surface area contributed by atoms with Gasteiger partial charge < -0.3 is 20.8 Å². The van der Waals surface area contributed by atoms with Gasteiger partial charge >= 0.3 is 6.03 Å². The van der Waals surface area contributed by atoms with E-state index in [1.165, 1.54) is 0 Å². The van der Waals surface area contributed by atoms with Crippen molar-refractivity contribution in [2.45, 2.75) is 6.54 Å². The molecule has 2 rings (SSSR count). The molecule has 6 heteroatoms. The van der Waals surface area contributed by atoms with Gasteiger partial charge in [0.25, 0.3) is 0 Å². The molecule has 0 aliphatic heterocycles. The Kier molecular flexibility index (Phi) is 3.74. The Morgan fingerprint density at radius 2 is 2.06 bits per heavy atom. The van der Waals surface area contributed by atoms with Crippen molar-refractivity contribution in [1.29, 1.82) is 0 Å². The number of rotatable bonds is 4. The van der Waals surface area contributed by atoms with Gasteiger partial charge in [0.1, 0.15) is 5.76 Å². The number of primary amides is 1. The average Bonchev–Trinajstić information content (AvgIpc) is 2.72. The zero-order chi connectivity index (χ0) is 13.0. The second-order valence-corrected chi connectivity index (χ2v) is 4.00. The molecule has 2 aromatic rings. The SMILES string of the molecule is NC(=O)Nc1cccc(NCc2ccc(Cl)o2)c1.